The highest BCUT2D eigenvalue weighted by Crippen LogP contribution is 2.34. The minimum atomic E-state index is -0.178. The first-order valence-corrected chi connectivity index (χ1v) is 13.1. The first kappa shape index (κ1) is 23.8. The molecule has 0 spiro atoms. The largest absolute Gasteiger partial charge is 0.490 e. The van der Waals surface area contributed by atoms with Crippen LogP contribution in [0.15, 0.2) is 46.9 Å². The number of amides is 1. The lowest BCUT2D eigenvalue weighted by atomic mass is 10.1. The van der Waals surface area contributed by atoms with E-state index in [1.54, 1.807) is 22.3 Å². The molecule has 35 heavy (non-hydrogen) atoms. The zero-order valence-corrected chi connectivity index (χ0v) is 21.1. The molecule has 184 valence electrons. The predicted molar refractivity (Wildman–Crippen MR) is 140 cm³/mol. The van der Waals surface area contributed by atoms with Gasteiger partial charge in [0.1, 0.15) is 0 Å². The average Bonchev–Trinajstić information content (AvgIpc) is 3.52. The van der Waals surface area contributed by atoms with Crippen molar-refractivity contribution in [3.8, 4) is 5.75 Å². The van der Waals surface area contributed by atoms with Gasteiger partial charge >= 0.3 is 0 Å². The fraction of sp³-hybridized carbons (Fsp3) is 0.407. The third-order valence-electron chi connectivity index (χ3n) is 6.33. The van der Waals surface area contributed by atoms with Crippen LogP contribution in [0.1, 0.15) is 36.4 Å². The summed E-state index contributed by atoms with van der Waals surface area (Å²) in [5.74, 6) is 0.770. The molecule has 2 aromatic heterocycles. The van der Waals surface area contributed by atoms with Crippen molar-refractivity contribution in [2.45, 2.75) is 26.7 Å². The van der Waals surface area contributed by atoms with Crippen molar-refractivity contribution in [2.75, 3.05) is 50.9 Å². The van der Waals surface area contributed by atoms with E-state index in [0.29, 0.717) is 35.4 Å². The number of hydrogen-bond donors (Lipinski definition) is 0. The maximum atomic E-state index is 13.8. The number of carbonyl (C=O) groups is 1. The van der Waals surface area contributed by atoms with Crippen molar-refractivity contribution in [2.24, 2.45) is 0 Å². The number of rotatable bonds is 9. The van der Waals surface area contributed by atoms with E-state index < -0.39 is 0 Å². The lowest BCUT2D eigenvalue weighted by Crippen LogP contribution is -2.39. The van der Waals surface area contributed by atoms with Gasteiger partial charge in [0, 0.05) is 31.6 Å². The van der Waals surface area contributed by atoms with Crippen LogP contribution in [0.25, 0.3) is 21.2 Å². The molecule has 7 nitrogen and oxygen atoms in total. The minimum absolute atomic E-state index is 0.178. The van der Waals surface area contributed by atoms with Gasteiger partial charge in [0.05, 0.1) is 30.0 Å². The Morgan fingerprint density at radius 3 is 2.80 bits per heavy atom. The van der Waals surface area contributed by atoms with Crippen LogP contribution in [0.3, 0.4) is 0 Å². The van der Waals surface area contributed by atoms with Gasteiger partial charge in [0.25, 0.3) is 5.91 Å². The molecule has 1 fully saturated rings. The first-order chi connectivity index (χ1) is 17.2. The van der Waals surface area contributed by atoms with Gasteiger partial charge in [-0.05, 0) is 43.5 Å². The minimum Gasteiger partial charge on any atom is -0.490 e. The average molecular weight is 494 g/mol. The van der Waals surface area contributed by atoms with Crippen LogP contribution in [0, 0.1) is 0 Å². The number of morpholine rings is 1. The topological polar surface area (TPSA) is 68.0 Å². The van der Waals surface area contributed by atoms with Crippen molar-refractivity contribution in [3.63, 3.8) is 0 Å². The summed E-state index contributed by atoms with van der Waals surface area (Å²) in [4.78, 5) is 22.9. The Hall–Kier alpha value is -2.94. The number of benzene rings is 2. The standard InChI is InChI=1S/C27H31N3O4S/c1-3-19-8-6-11-23-24(19)28-27(35-23)30(13-7-12-29-14-16-32-17-15-29)26(31)22-18-20-9-5-10-21(33-4-2)25(20)34-22/h5-6,8-11,18H,3-4,7,12-17H2,1-2H3. The predicted octanol–water partition coefficient (Wildman–Crippen LogP) is 5.37. The maximum absolute atomic E-state index is 13.8. The molecule has 0 atom stereocenters. The van der Waals surface area contributed by atoms with E-state index in [1.807, 2.05) is 25.1 Å². The molecule has 0 N–H and O–H groups in total. The van der Waals surface area contributed by atoms with E-state index in [4.69, 9.17) is 18.9 Å². The van der Waals surface area contributed by atoms with E-state index in [2.05, 4.69) is 30.0 Å². The molecule has 1 amide bonds. The van der Waals surface area contributed by atoms with Crippen molar-refractivity contribution in [1.29, 1.82) is 0 Å². The zero-order chi connectivity index (χ0) is 24.2. The zero-order valence-electron chi connectivity index (χ0n) is 20.3. The van der Waals surface area contributed by atoms with Gasteiger partial charge in [-0.15, -0.1) is 0 Å². The normalized spacial score (nSPS) is 14.6. The number of anilines is 1. The van der Waals surface area contributed by atoms with Crippen LogP contribution >= 0.6 is 11.3 Å². The summed E-state index contributed by atoms with van der Waals surface area (Å²) >= 11 is 1.56. The van der Waals surface area contributed by atoms with Crippen LogP contribution in [-0.2, 0) is 11.2 Å². The second kappa shape index (κ2) is 10.8. The number of fused-ring (bicyclic) bond motifs is 2. The number of nitrogens with zero attached hydrogens (tertiary/aromatic N) is 3. The Morgan fingerprint density at radius 2 is 2.00 bits per heavy atom. The molecule has 0 saturated carbocycles. The van der Waals surface area contributed by atoms with Gasteiger partial charge in [-0.1, -0.05) is 42.5 Å². The number of para-hydroxylation sites is 2. The quantitative estimate of drug-likeness (QED) is 0.312. The van der Waals surface area contributed by atoms with E-state index in [-0.39, 0.29) is 5.91 Å². The smallest absolute Gasteiger partial charge is 0.295 e. The molecule has 8 heteroatoms. The van der Waals surface area contributed by atoms with Gasteiger partial charge in [-0.3, -0.25) is 14.6 Å². The molecule has 1 saturated heterocycles. The van der Waals surface area contributed by atoms with Gasteiger partial charge in [0.15, 0.2) is 22.2 Å². The number of ether oxygens (including phenoxy) is 2. The maximum Gasteiger partial charge on any atom is 0.295 e. The molecule has 0 bridgehead atoms. The Bertz CT molecular complexity index is 1310. The van der Waals surface area contributed by atoms with Crippen molar-refractivity contribution >= 4 is 43.6 Å². The summed E-state index contributed by atoms with van der Waals surface area (Å²) in [6.45, 7) is 9.45. The van der Waals surface area contributed by atoms with Crippen molar-refractivity contribution < 1.29 is 18.7 Å². The lowest BCUT2D eigenvalue weighted by Gasteiger charge is -2.27. The summed E-state index contributed by atoms with van der Waals surface area (Å²) < 4.78 is 18.3. The Labute approximate surface area is 209 Å². The third-order valence-corrected chi connectivity index (χ3v) is 7.37. The molecule has 0 unspecified atom stereocenters. The van der Waals surface area contributed by atoms with E-state index in [9.17, 15) is 4.79 Å². The summed E-state index contributed by atoms with van der Waals surface area (Å²) in [6.07, 6.45) is 1.74. The molecule has 4 aromatic rings. The van der Waals surface area contributed by atoms with Crippen molar-refractivity contribution in [1.82, 2.24) is 9.88 Å². The van der Waals surface area contributed by atoms with E-state index in [0.717, 1.165) is 61.3 Å². The number of hydrogen-bond acceptors (Lipinski definition) is 7. The van der Waals surface area contributed by atoms with Gasteiger partial charge < -0.3 is 13.9 Å². The number of furan rings is 1. The van der Waals surface area contributed by atoms with Crippen LogP contribution in [-0.4, -0.2) is 61.8 Å². The number of carbonyl (C=O) groups excluding carboxylic acids is 1. The summed E-state index contributed by atoms with van der Waals surface area (Å²) in [5.41, 5.74) is 2.77. The molecule has 1 aliphatic heterocycles. The van der Waals surface area contributed by atoms with Crippen LogP contribution in [0.5, 0.6) is 5.75 Å². The Kier molecular flexibility index (Phi) is 7.32. The summed E-state index contributed by atoms with van der Waals surface area (Å²) in [6, 6.07) is 13.8. The third kappa shape index (κ3) is 5.05. The summed E-state index contributed by atoms with van der Waals surface area (Å²) in [7, 11) is 0. The van der Waals surface area contributed by atoms with Gasteiger partial charge in [-0.2, -0.15) is 0 Å². The monoisotopic (exact) mass is 493 g/mol. The molecular formula is C27H31N3O4S. The molecule has 0 aliphatic carbocycles. The van der Waals surface area contributed by atoms with E-state index in [1.165, 1.54) is 5.56 Å². The summed E-state index contributed by atoms with van der Waals surface area (Å²) in [5, 5.41) is 1.56. The highest BCUT2D eigenvalue weighted by Gasteiger charge is 2.26. The van der Waals surface area contributed by atoms with Crippen LogP contribution in [0.4, 0.5) is 5.13 Å². The highest BCUT2D eigenvalue weighted by molar-refractivity contribution is 7.22. The van der Waals surface area contributed by atoms with Gasteiger partial charge in [0.2, 0.25) is 0 Å². The van der Waals surface area contributed by atoms with Crippen molar-refractivity contribution in [3.05, 3.63) is 53.8 Å². The SMILES string of the molecule is CCOc1cccc2cc(C(=O)N(CCCN3CCOCC3)c3nc4c(CC)cccc4s3)oc12. The van der Waals surface area contributed by atoms with Gasteiger partial charge in [-0.25, -0.2) is 4.98 Å². The molecule has 0 radical (unpaired) electrons. The van der Waals surface area contributed by atoms with Crippen LogP contribution in [0.2, 0.25) is 0 Å². The Balaban J connectivity index is 1.46. The molecule has 3 heterocycles. The van der Waals surface area contributed by atoms with Crippen LogP contribution < -0.4 is 9.64 Å². The second-order valence-corrected chi connectivity index (χ2v) is 9.61. The molecular weight excluding hydrogens is 462 g/mol. The first-order valence-electron chi connectivity index (χ1n) is 12.3. The Morgan fingerprint density at radius 1 is 1.17 bits per heavy atom. The number of aromatic nitrogens is 1. The number of thiazole rings is 1. The second-order valence-electron chi connectivity index (χ2n) is 8.60. The van der Waals surface area contributed by atoms with E-state index >= 15 is 0 Å². The fourth-order valence-electron chi connectivity index (χ4n) is 4.50. The molecule has 1 aliphatic rings. The highest BCUT2D eigenvalue weighted by atomic mass is 32.1. The fourth-order valence-corrected chi connectivity index (χ4v) is 5.54. The molecule has 2 aromatic carbocycles. The molecule has 5 rings (SSSR count). The lowest BCUT2D eigenvalue weighted by molar-refractivity contribution is 0.0376. The number of aryl methyl sites for hydroxylation is 1.